The molecule has 1 aromatic carbocycles. The van der Waals surface area contributed by atoms with Gasteiger partial charge in [0.15, 0.2) is 6.10 Å². The Balaban J connectivity index is 2.02. The van der Waals surface area contributed by atoms with Gasteiger partial charge in [0, 0.05) is 18.5 Å². The molecule has 1 aliphatic heterocycles. The van der Waals surface area contributed by atoms with Crippen molar-refractivity contribution < 1.29 is 22.7 Å². The van der Waals surface area contributed by atoms with Crippen molar-refractivity contribution >= 4 is 11.6 Å². The van der Waals surface area contributed by atoms with Crippen LogP contribution in [0, 0.1) is 0 Å². The van der Waals surface area contributed by atoms with E-state index in [1.807, 2.05) is 0 Å². The molecule has 0 spiro atoms. The van der Waals surface area contributed by atoms with Crippen LogP contribution in [0.2, 0.25) is 0 Å². The van der Waals surface area contributed by atoms with Gasteiger partial charge in [0.05, 0.1) is 11.4 Å². The summed E-state index contributed by atoms with van der Waals surface area (Å²) in [5, 5.41) is 2.67. The molecule has 1 N–H and O–H groups in total. The van der Waals surface area contributed by atoms with Gasteiger partial charge in [0.25, 0.3) is 5.91 Å². The lowest BCUT2D eigenvalue weighted by atomic mass is 10.1. The number of rotatable bonds is 2. The van der Waals surface area contributed by atoms with Gasteiger partial charge in [-0.15, -0.1) is 0 Å². The van der Waals surface area contributed by atoms with Gasteiger partial charge in [-0.3, -0.25) is 9.36 Å². The number of anilines is 1. The van der Waals surface area contributed by atoms with E-state index in [2.05, 4.69) is 10.3 Å². The van der Waals surface area contributed by atoms with Crippen molar-refractivity contribution in [3.8, 4) is 11.4 Å². The summed E-state index contributed by atoms with van der Waals surface area (Å²) < 4.78 is 45.2. The lowest BCUT2D eigenvalue weighted by molar-refractivity contribution is -0.145. The van der Waals surface area contributed by atoms with Crippen LogP contribution in [0.5, 0.6) is 5.75 Å². The van der Waals surface area contributed by atoms with Crippen LogP contribution in [0.1, 0.15) is 19.2 Å². The molecule has 1 amide bonds. The number of ether oxygens (including phenoxy) is 1. The lowest BCUT2D eigenvalue weighted by Gasteiger charge is -2.25. The van der Waals surface area contributed by atoms with Crippen LogP contribution in [-0.4, -0.2) is 21.6 Å². The Morgan fingerprint density at radius 1 is 1.41 bits per heavy atom. The molecule has 2 aromatic rings. The van der Waals surface area contributed by atoms with Gasteiger partial charge in [0.2, 0.25) is 5.82 Å². The average Bonchev–Trinajstić information content (AvgIpc) is 2.95. The molecular formula is C14H12F3N3O2. The summed E-state index contributed by atoms with van der Waals surface area (Å²) in [4.78, 5) is 15.0. The van der Waals surface area contributed by atoms with Crippen LogP contribution in [-0.2, 0) is 11.0 Å². The summed E-state index contributed by atoms with van der Waals surface area (Å²) in [5.74, 6) is -0.938. The largest absolute Gasteiger partial charge is 0.478 e. The van der Waals surface area contributed by atoms with Crippen LogP contribution < -0.4 is 10.1 Å². The number of halogens is 3. The van der Waals surface area contributed by atoms with Crippen molar-refractivity contribution in [2.45, 2.75) is 25.6 Å². The summed E-state index contributed by atoms with van der Waals surface area (Å²) in [6, 6.07) is 4.43. The van der Waals surface area contributed by atoms with E-state index in [4.69, 9.17) is 4.74 Å². The SMILES string of the molecule is CCC1Oc2cc(-n3ccnc3C(F)(F)F)ccc2NC1=O. The molecule has 0 saturated heterocycles. The molecule has 1 atom stereocenters. The highest BCUT2D eigenvalue weighted by molar-refractivity contribution is 5.97. The van der Waals surface area contributed by atoms with Crippen LogP contribution in [0.25, 0.3) is 5.69 Å². The smallest absolute Gasteiger partial charge is 0.450 e. The molecule has 2 heterocycles. The number of carbonyl (C=O) groups excluding carboxylic acids is 1. The Kier molecular flexibility index (Phi) is 3.31. The van der Waals surface area contributed by atoms with Gasteiger partial charge in [-0.2, -0.15) is 13.2 Å². The number of imidazole rings is 1. The van der Waals surface area contributed by atoms with E-state index in [0.717, 1.165) is 10.8 Å². The fourth-order valence-electron chi connectivity index (χ4n) is 2.27. The fraction of sp³-hybridized carbons (Fsp3) is 0.286. The number of carbonyl (C=O) groups is 1. The molecule has 1 aromatic heterocycles. The molecule has 116 valence electrons. The zero-order chi connectivity index (χ0) is 15.9. The second-order valence-electron chi connectivity index (χ2n) is 4.80. The predicted octanol–water partition coefficient (Wildman–Crippen LogP) is 3.00. The van der Waals surface area contributed by atoms with Crippen LogP contribution in [0.15, 0.2) is 30.6 Å². The van der Waals surface area contributed by atoms with Gasteiger partial charge >= 0.3 is 6.18 Å². The molecule has 1 unspecified atom stereocenters. The third-order valence-corrected chi connectivity index (χ3v) is 3.33. The zero-order valence-corrected chi connectivity index (χ0v) is 11.5. The monoisotopic (exact) mass is 311 g/mol. The van der Waals surface area contributed by atoms with Gasteiger partial charge in [0.1, 0.15) is 5.75 Å². The predicted molar refractivity (Wildman–Crippen MR) is 71.9 cm³/mol. The number of nitrogens with one attached hydrogen (secondary N) is 1. The Hall–Kier alpha value is -2.51. The fourth-order valence-corrected chi connectivity index (χ4v) is 2.27. The van der Waals surface area contributed by atoms with Gasteiger partial charge in [-0.05, 0) is 18.6 Å². The van der Waals surface area contributed by atoms with E-state index in [1.54, 1.807) is 6.92 Å². The number of fused-ring (bicyclic) bond motifs is 1. The van der Waals surface area contributed by atoms with Crippen molar-refractivity contribution in [3.05, 3.63) is 36.4 Å². The van der Waals surface area contributed by atoms with E-state index in [1.165, 1.54) is 24.4 Å². The van der Waals surface area contributed by atoms with Crippen LogP contribution in [0.4, 0.5) is 18.9 Å². The maximum atomic E-state index is 12.9. The second-order valence-corrected chi connectivity index (χ2v) is 4.80. The third-order valence-electron chi connectivity index (χ3n) is 3.33. The molecule has 3 rings (SSSR count). The molecule has 0 saturated carbocycles. The Bertz CT molecular complexity index is 724. The Morgan fingerprint density at radius 2 is 2.18 bits per heavy atom. The highest BCUT2D eigenvalue weighted by Crippen LogP contribution is 2.35. The van der Waals surface area contributed by atoms with E-state index >= 15 is 0 Å². The van der Waals surface area contributed by atoms with Crippen molar-refractivity contribution in [2.24, 2.45) is 0 Å². The number of alkyl halides is 3. The average molecular weight is 311 g/mol. The van der Waals surface area contributed by atoms with Crippen LogP contribution >= 0.6 is 0 Å². The number of hydrogen-bond acceptors (Lipinski definition) is 3. The highest BCUT2D eigenvalue weighted by atomic mass is 19.4. The topological polar surface area (TPSA) is 56.1 Å². The summed E-state index contributed by atoms with van der Waals surface area (Å²) in [6.45, 7) is 1.79. The van der Waals surface area contributed by atoms with Crippen molar-refractivity contribution in [3.63, 3.8) is 0 Å². The first-order valence-electron chi connectivity index (χ1n) is 6.62. The first-order chi connectivity index (χ1) is 10.4. The second kappa shape index (κ2) is 5.04. The minimum absolute atomic E-state index is 0.259. The quantitative estimate of drug-likeness (QED) is 0.927. The molecule has 0 bridgehead atoms. The molecule has 8 heteroatoms. The molecule has 5 nitrogen and oxygen atoms in total. The minimum Gasteiger partial charge on any atom is -0.478 e. The number of amides is 1. The summed E-state index contributed by atoms with van der Waals surface area (Å²) in [5.41, 5.74) is 0.696. The Labute approximate surface area is 123 Å². The summed E-state index contributed by atoms with van der Waals surface area (Å²) in [6.07, 6.45) is -2.43. The minimum atomic E-state index is -4.56. The first kappa shape index (κ1) is 14.4. The summed E-state index contributed by atoms with van der Waals surface area (Å²) >= 11 is 0. The number of aromatic nitrogens is 2. The molecule has 1 aliphatic rings. The first-order valence-corrected chi connectivity index (χ1v) is 6.62. The lowest BCUT2D eigenvalue weighted by Crippen LogP contribution is -2.36. The van der Waals surface area contributed by atoms with Crippen molar-refractivity contribution in [1.29, 1.82) is 0 Å². The molecule has 0 aliphatic carbocycles. The molecule has 0 fully saturated rings. The van der Waals surface area contributed by atoms with Crippen molar-refractivity contribution in [1.82, 2.24) is 9.55 Å². The molecular weight excluding hydrogens is 299 g/mol. The Morgan fingerprint density at radius 3 is 2.86 bits per heavy atom. The van der Waals surface area contributed by atoms with E-state index in [-0.39, 0.29) is 11.6 Å². The van der Waals surface area contributed by atoms with E-state index < -0.39 is 18.1 Å². The summed E-state index contributed by atoms with van der Waals surface area (Å²) in [7, 11) is 0. The maximum Gasteiger partial charge on any atom is 0.450 e. The van der Waals surface area contributed by atoms with Crippen LogP contribution in [0.3, 0.4) is 0 Å². The van der Waals surface area contributed by atoms with E-state index in [0.29, 0.717) is 17.9 Å². The van der Waals surface area contributed by atoms with Gasteiger partial charge < -0.3 is 10.1 Å². The highest BCUT2D eigenvalue weighted by Gasteiger charge is 2.36. The van der Waals surface area contributed by atoms with E-state index in [9.17, 15) is 18.0 Å². The number of hydrogen-bond donors (Lipinski definition) is 1. The van der Waals surface area contributed by atoms with Gasteiger partial charge in [-0.1, -0.05) is 6.92 Å². The normalized spacial score (nSPS) is 17.6. The maximum absolute atomic E-state index is 12.9. The number of nitrogens with zero attached hydrogens (tertiary/aromatic N) is 2. The van der Waals surface area contributed by atoms with Crippen molar-refractivity contribution in [2.75, 3.05) is 5.32 Å². The van der Waals surface area contributed by atoms with Gasteiger partial charge in [-0.25, -0.2) is 4.98 Å². The third kappa shape index (κ3) is 2.40. The molecule has 0 radical (unpaired) electrons. The number of benzene rings is 1. The molecule has 22 heavy (non-hydrogen) atoms. The zero-order valence-electron chi connectivity index (χ0n) is 11.5. The standard InChI is InChI=1S/C14H12F3N3O2/c1-2-10-12(21)19-9-4-3-8(7-11(9)22-10)20-6-5-18-13(20)14(15,16)17/h3-7,10H,2H2,1H3,(H,19,21).